The second-order valence-corrected chi connectivity index (χ2v) is 11.6. The number of hydrogen-bond acceptors (Lipinski definition) is 2. The minimum absolute atomic E-state index is 0.0158. The molecule has 0 fully saturated rings. The third-order valence-electron chi connectivity index (χ3n) is 9.48. The molecule has 0 saturated carbocycles. The van der Waals surface area contributed by atoms with Crippen molar-refractivity contribution in [2.24, 2.45) is 0 Å². The fraction of sp³-hybridized carbons (Fsp3) is 0. The first-order valence-corrected chi connectivity index (χ1v) is 14.7. The molecule has 0 radical (unpaired) electrons. The maximum absolute atomic E-state index is 15.1. The Balaban J connectivity index is 1.38. The van der Waals surface area contributed by atoms with Gasteiger partial charge in [-0.2, -0.15) is 0 Å². The molecule has 0 unspecified atom stereocenters. The van der Waals surface area contributed by atoms with Gasteiger partial charge in [0, 0.05) is 16.5 Å². The van der Waals surface area contributed by atoms with Gasteiger partial charge >= 0.3 is 6.03 Å². The number of carbonyl (C=O) groups is 1. The average Bonchev–Trinajstić information content (AvgIpc) is 3.45. The molecule has 6 aromatic carbocycles. The number of rotatable bonds is 2. The number of urea groups is 1. The van der Waals surface area contributed by atoms with E-state index in [-0.39, 0.29) is 19.5 Å². The molecule has 0 N–H and O–H groups in total. The second-order valence-electron chi connectivity index (χ2n) is 11.6. The van der Waals surface area contributed by atoms with Crippen LogP contribution < -0.4 is 42.8 Å². The summed E-state index contributed by atoms with van der Waals surface area (Å²) in [5, 5.41) is 3.18. The Labute approximate surface area is 248 Å². The van der Waals surface area contributed by atoms with Crippen molar-refractivity contribution in [2.75, 3.05) is 9.80 Å². The van der Waals surface area contributed by atoms with Crippen LogP contribution in [0.1, 0.15) is 0 Å². The number of amides is 2. The van der Waals surface area contributed by atoms with E-state index < -0.39 is 0 Å². The molecule has 198 valence electrons. The fourth-order valence-corrected chi connectivity index (χ4v) is 7.79. The number of furan rings is 1. The summed E-state index contributed by atoms with van der Waals surface area (Å²) in [5.74, 6) is 0. The molecule has 0 atom stereocenters. The fourth-order valence-electron chi connectivity index (χ4n) is 7.79. The van der Waals surface area contributed by atoms with Gasteiger partial charge in [-0.3, -0.25) is 9.80 Å². The van der Waals surface area contributed by atoms with E-state index in [1.54, 1.807) is 0 Å². The number of carbonyl (C=O) groups excluding carboxylic acids is 1. The summed E-state index contributed by atoms with van der Waals surface area (Å²) < 4.78 is 6.67. The lowest BCUT2D eigenvalue weighted by atomic mass is 9.34. The molecule has 4 heterocycles. The van der Waals surface area contributed by atoms with Crippen molar-refractivity contribution in [3.63, 3.8) is 0 Å². The molecule has 7 aromatic rings. The van der Waals surface area contributed by atoms with E-state index in [1.165, 1.54) is 5.46 Å². The van der Waals surface area contributed by atoms with Crippen LogP contribution in [-0.4, -0.2) is 19.5 Å². The van der Waals surface area contributed by atoms with Crippen LogP contribution in [0.25, 0.3) is 21.7 Å². The zero-order chi connectivity index (χ0) is 28.2. The molecule has 0 saturated heterocycles. The highest BCUT2D eigenvalue weighted by molar-refractivity contribution is 6.99. The Hall–Kier alpha value is -5.48. The molecular formula is C37H22B2N2O2. The molecule has 0 aliphatic carbocycles. The minimum atomic E-state index is -0.143. The van der Waals surface area contributed by atoms with Crippen molar-refractivity contribution >= 4 is 96.9 Å². The van der Waals surface area contributed by atoms with Crippen molar-refractivity contribution in [2.45, 2.75) is 0 Å². The molecule has 0 spiro atoms. The Kier molecular flexibility index (Phi) is 4.46. The van der Waals surface area contributed by atoms with E-state index in [0.717, 1.165) is 72.0 Å². The number of benzene rings is 6. The summed E-state index contributed by atoms with van der Waals surface area (Å²) in [6.45, 7) is -0.127. The predicted molar refractivity (Wildman–Crippen MR) is 178 cm³/mol. The van der Waals surface area contributed by atoms with Crippen LogP contribution in [0, 0.1) is 0 Å². The van der Waals surface area contributed by atoms with Crippen LogP contribution in [-0.2, 0) is 0 Å². The third-order valence-corrected chi connectivity index (χ3v) is 9.48. The van der Waals surface area contributed by atoms with Crippen LogP contribution in [0.4, 0.5) is 27.5 Å². The topological polar surface area (TPSA) is 36.7 Å². The maximum atomic E-state index is 15.1. The first kappa shape index (κ1) is 23.1. The van der Waals surface area contributed by atoms with E-state index >= 15 is 4.79 Å². The van der Waals surface area contributed by atoms with E-state index in [4.69, 9.17) is 4.42 Å². The first-order valence-electron chi connectivity index (χ1n) is 14.7. The van der Waals surface area contributed by atoms with Gasteiger partial charge in [0.05, 0.1) is 22.7 Å². The second kappa shape index (κ2) is 8.30. The Morgan fingerprint density at radius 2 is 1.12 bits per heavy atom. The number of hydrogen-bond donors (Lipinski definition) is 0. The molecule has 6 heteroatoms. The van der Waals surface area contributed by atoms with Gasteiger partial charge < -0.3 is 4.42 Å². The first-order chi connectivity index (χ1) is 21.3. The van der Waals surface area contributed by atoms with Crippen LogP contribution in [0.2, 0.25) is 0 Å². The third kappa shape index (κ3) is 2.90. The van der Waals surface area contributed by atoms with Crippen LogP contribution in [0.3, 0.4) is 0 Å². The predicted octanol–water partition coefficient (Wildman–Crippen LogP) is 4.66. The molecule has 10 rings (SSSR count). The summed E-state index contributed by atoms with van der Waals surface area (Å²) in [7, 11) is 0. The maximum Gasteiger partial charge on any atom is 0.338 e. The highest BCUT2D eigenvalue weighted by Crippen LogP contribution is 2.48. The van der Waals surface area contributed by atoms with Gasteiger partial charge in [-0.1, -0.05) is 126 Å². The van der Waals surface area contributed by atoms with Crippen molar-refractivity contribution in [1.82, 2.24) is 0 Å². The quantitative estimate of drug-likeness (QED) is 0.295. The Morgan fingerprint density at radius 3 is 1.88 bits per heavy atom. The van der Waals surface area contributed by atoms with Gasteiger partial charge in [0.15, 0.2) is 0 Å². The minimum Gasteiger partial charge on any atom is -0.468 e. The monoisotopic (exact) mass is 548 g/mol. The number of para-hydroxylation sites is 2. The Bertz CT molecular complexity index is 2300. The number of nitrogens with zero attached hydrogens (tertiary/aromatic N) is 2. The molecule has 3 aliphatic heterocycles. The van der Waals surface area contributed by atoms with E-state index in [9.17, 15) is 0 Å². The van der Waals surface area contributed by atoms with Gasteiger partial charge in [0.2, 0.25) is 6.71 Å². The lowest BCUT2D eigenvalue weighted by Gasteiger charge is -2.45. The zero-order valence-electron chi connectivity index (χ0n) is 23.1. The standard InChI is InChI=1S/C37H22B2N2O2/c42-37-40-30-17-9-8-16-27(30)38(24-11-3-1-4-12-24)28-21-19-23-20-22-29-35(32(23)34(28)40)41(37)33-26-15-7-10-18-31(26)43-36(33)39(29)25-13-5-2-6-14-25/h1-22H. The molecule has 0 bridgehead atoms. The smallest absolute Gasteiger partial charge is 0.338 e. The largest absolute Gasteiger partial charge is 0.468 e. The summed E-state index contributed by atoms with van der Waals surface area (Å²) in [6, 6.07) is 46.4. The number of fused-ring (bicyclic) bond motifs is 6. The van der Waals surface area contributed by atoms with Gasteiger partial charge in [-0.05, 0) is 40.0 Å². The molecule has 2 amide bonds. The normalized spacial score (nSPS) is 14.4. The van der Waals surface area contributed by atoms with Crippen molar-refractivity contribution < 1.29 is 9.21 Å². The molecule has 43 heavy (non-hydrogen) atoms. The van der Waals surface area contributed by atoms with Crippen molar-refractivity contribution in [1.29, 1.82) is 0 Å². The lowest BCUT2D eigenvalue weighted by molar-refractivity contribution is 0.255. The van der Waals surface area contributed by atoms with Crippen molar-refractivity contribution in [3.8, 4) is 0 Å². The SMILES string of the molecule is O=C1N2c3ccccc3B(c3ccccc3)c3ccc4ccc5c(c4c32)N1c1c(oc2ccccc12)B5c1ccccc1. The summed E-state index contributed by atoms with van der Waals surface area (Å²) in [5.41, 5.74) is 11.0. The van der Waals surface area contributed by atoms with E-state index in [2.05, 4.69) is 103 Å². The number of anilines is 4. The molecule has 1 aromatic heterocycles. The van der Waals surface area contributed by atoms with Gasteiger partial charge in [-0.15, -0.1) is 0 Å². The average molecular weight is 548 g/mol. The van der Waals surface area contributed by atoms with E-state index in [0.29, 0.717) is 0 Å². The molecular weight excluding hydrogens is 526 g/mol. The zero-order valence-corrected chi connectivity index (χ0v) is 23.1. The van der Waals surface area contributed by atoms with Gasteiger partial charge in [0.1, 0.15) is 5.58 Å². The summed E-state index contributed by atoms with van der Waals surface area (Å²) in [4.78, 5) is 19.0. The highest BCUT2D eigenvalue weighted by Gasteiger charge is 2.49. The molecule has 3 aliphatic rings. The highest BCUT2D eigenvalue weighted by atomic mass is 16.3. The van der Waals surface area contributed by atoms with Crippen LogP contribution in [0.5, 0.6) is 0 Å². The molecule has 4 nitrogen and oxygen atoms in total. The Morgan fingerprint density at radius 1 is 0.512 bits per heavy atom. The van der Waals surface area contributed by atoms with E-state index in [1.807, 2.05) is 40.1 Å². The summed E-state index contributed by atoms with van der Waals surface area (Å²) >= 11 is 0. The van der Waals surface area contributed by atoms with Gasteiger partial charge in [-0.25, -0.2) is 4.79 Å². The van der Waals surface area contributed by atoms with Crippen LogP contribution >= 0.6 is 0 Å². The lowest BCUT2D eigenvalue weighted by Crippen LogP contribution is -2.63. The van der Waals surface area contributed by atoms with Gasteiger partial charge in [0.25, 0.3) is 6.71 Å². The van der Waals surface area contributed by atoms with Crippen LogP contribution in [0.15, 0.2) is 138 Å². The van der Waals surface area contributed by atoms with Crippen molar-refractivity contribution in [3.05, 3.63) is 133 Å². The summed E-state index contributed by atoms with van der Waals surface area (Å²) in [6.07, 6.45) is 0.